The highest BCUT2D eigenvalue weighted by molar-refractivity contribution is 7.88. The molecule has 0 aliphatic carbocycles. The third kappa shape index (κ3) is 6.30. The summed E-state index contributed by atoms with van der Waals surface area (Å²) in [5.41, 5.74) is 2.80. The fourth-order valence-corrected chi connectivity index (χ4v) is 6.60. The van der Waals surface area contributed by atoms with Gasteiger partial charge in [-0.3, -0.25) is 0 Å². The van der Waals surface area contributed by atoms with Gasteiger partial charge >= 0.3 is 5.97 Å². The lowest BCUT2D eigenvalue weighted by atomic mass is 10.0. The number of sulfonamides is 1. The standard InChI is InChI=1S/C33H27F2N5O5S/c1-46(43,44)40-12-11-25(40)18-39-30-15-23(33(41)42)9-10-29(30)37-31(39)16-21-7-8-22(14-27(21)35)28-3-2-4-32(38-28)45-19-24-6-5-20(17-36)13-26(24)34/h2-10,13-15,25H,11-12,16,18-19H2,1H3,(H,41,42)/t25-/m1/s1. The Morgan fingerprint density at radius 2 is 1.83 bits per heavy atom. The number of nitrogens with zero attached hydrogens (tertiary/aromatic N) is 5. The van der Waals surface area contributed by atoms with Crippen LogP contribution < -0.4 is 4.74 Å². The minimum absolute atomic E-state index is 0.0602. The molecule has 3 heterocycles. The molecule has 0 spiro atoms. The number of rotatable bonds is 10. The molecule has 0 saturated carbocycles. The zero-order valence-corrected chi connectivity index (χ0v) is 25.3. The van der Waals surface area contributed by atoms with Gasteiger partial charge in [0.05, 0.1) is 40.2 Å². The van der Waals surface area contributed by atoms with Crippen LogP contribution >= 0.6 is 0 Å². The number of imidazole rings is 1. The summed E-state index contributed by atoms with van der Waals surface area (Å²) in [7, 11) is -3.43. The van der Waals surface area contributed by atoms with E-state index in [4.69, 9.17) is 10.00 Å². The van der Waals surface area contributed by atoms with Crippen LogP contribution in [-0.2, 0) is 29.6 Å². The number of nitriles is 1. The van der Waals surface area contributed by atoms with Crippen molar-refractivity contribution in [2.45, 2.75) is 32.0 Å². The number of hydrogen-bond acceptors (Lipinski definition) is 7. The van der Waals surface area contributed by atoms with E-state index < -0.39 is 27.6 Å². The fraction of sp³-hybridized carbons (Fsp3) is 0.212. The van der Waals surface area contributed by atoms with Crippen LogP contribution in [0, 0.1) is 23.0 Å². The Balaban J connectivity index is 1.25. The Labute approximate surface area is 263 Å². The number of hydrogen-bond donors (Lipinski definition) is 1. The third-order valence-corrected chi connectivity index (χ3v) is 9.29. The van der Waals surface area contributed by atoms with E-state index in [0.717, 1.165) is 12.3 Å². The van der Waals surface area contributed by atoms with Crippen molar-refractivity contribution in [3.63, 3.8) is 0 Å². The third-order valence-electron chi connectivity index (χ3n) is 7.96. The van der Waals surface area contributed by atoms with Gasteiger partial charge in [0.15, 0.2) is 0 Å². The summed E-state index contributed by atoms with van der Waals surface area (Å²) in [6, 6.07) is 19.8. The van der Waals surface area contributed by atoms with Crippen molar-refractivity contribution in [3.8, 4) is 23.2 Å². The number of carbonyl (C=O) groups is 1. The second kappa shape index (κ2) is 12.3. The molecule has 1 aliphatic heterocycles. The van der Waals surface area contributed by atoms with Crippen molar-refractivity contribution < 1.29 is 31.8 Å². The molecule has 0 amide bonds. The van der Waals surface area contributed by atoms with E-state index >= 15 is 4.39 Å². The van der Waals surface area contributed by atoms with Crippen LogP contribution in [0.5, 0.6) is 5.88 Å². The van der Waals surface area contributed by atoms with Crippen molar-refractivity contribution >= 4 is 27.0 Å². The number of aromatic carboxylic acids is 1. The van der Waals surface area contributed by atoms with Gasteiger partial charge in [0.2, 0.25) is 15.9 Å². The largest absolute Gasteiger partial charge is 0.478 e. The maximum atomic E-state index is 15.6. The number of carboxylic acid groups (broad SMARTS) is 1. The van der Waals surface area contributed by atoms with Crippen molar-refractivity contribution in [2.75, 3.05) is 12.8 Å². The van der Waals surface area contributed by atoms with Gasteiger partial charge in [0, 0.05) is 42.7 Å². The lowest BCUT2D eigenvalue weighted by Gasteiger charge is -2.39. The average Bonchev–Trinajstić information content (AvgIpc) is 3.34. The van der Waals surface area contributed by atoms with Crippen LogP contribution in [0.15, 0.2) is 72.8 Å². The molecule has 0 bridgehead atoms. The van der Waals surface area contributed by atoms with E-state index in [2.05, 4.69) is 9.97 Å². The Bertz CT molecular complexity index is 2140. The van der Waals surface area contributed by atoms with Gasteiger partial charge in [-0.25, -0.2) is 32.0 Å². The van der Waals surface area contributed by atoms with Gasteiger partial charge in [-0.05, 0) is 54.4 Å². The molecule has 1 fully saturated rings. The molecule has 46 heavy (non-hydrogen) atoms. The Morgan fingerprint density at radius 3 is 2.50 bits per heavy atom. The normalized spacial score (nSPS) is 15.0. The van der Waals surface area contributed by atoms with E-state index in [1.54, 1.807) is 41.0 Å². The van der Waals surface area contributed by atoms with Gasteiger partial charge in [0.1, 0.15) is 24.1 Å². The molecule has 13 heteroatoms. The van der Waals surface area contributed by atoms with E-state index in [1.807, 2.05) is 6.07 Å². The zero-order valence-electron chi connectivity index (χ0n) is 24.5. The molecule has 2 aromatic heterocycles. The fourth-order valence-electron chi connectivity index (χ4n) is 5.45. The van der Waals surface area contributed by atoms with Crippen molar-refractivity contribution in [1.29, 1.82) is 5.26 Å². The van der Waals surface area contributed by atoms with E-state index in [1.165, 1.54) is 34.6 Å². The first-order valence-electron chi connectivity index (χ1n) is 14.3. The summed E-state index contributed by atoms with van der Waals surface area (Å²) in [5.74, 6) is -1.52. The molecular formula is C33H27F2N5O5S. The minimum Gasteiger partial charge on any atom is -0.478 e. The number of fused-ring (bicyclic) bond motifs is 1. The topological polar surface area (TPSA) is 138 Å². The van der Waals surface area contributed by atoms with Gasteiger partial charge in [0.25, 0.3) is 0 Å². The minimum atomic E-state index is -3.43. The van der Waals surface area contributed by atoms with Crippen molar-refractivity contribution in [2.24, 2.45) is 0 Å². The quantitative estimate of drug-likeness (QED) is 0.221. The number of aromatic nitrogens is 3. The van der Waals surface area contributed by atoms with E-state index in [9.17, 15) is 22.7 Å². The highest BCUT2D eigenvalue weighted by Crippen LogP contribution is 2.29. The lowest BCUT2D eigenvalue weighted by Crippen LogP contribution is -2.52. The van der Waals surface area contributed by atoms with E-state index in [0.29, 0.717) is 46.6 Å². The van der Waals surface area contributed by atoms with Crippen LogP contribution in [0.25, 0.3) is 22.3 Å². The molecule has 1 aliphatic rings. The number of benzene rings is 3. The molecule has 0 unspecified atom stereocenters. The van der Waals surface area contributed by atoms with Crippen LogP contribution in [0.2, 0.25) is 0 Å². The lowest BCUT2D eigenvalue weighted by molar-refractivity contribution is 0.0697. The first kappa shape index (κ1) is 30.8. The van der Waals surface area contributed by atoms with Crippen molar-refractivity contribution in [3.05, 3.63) is 113 Å². The van der Waals surface area contributed by atoms with Crippen molar-refractivity contribution in [1.82, 2.24) is 18.8 Å². The molecule has 1 N–H and O–H groups in total. The number of pyridine rings is 1. The number of ether oxygens (including phenoxy) is 1. The summed E-state index contributed by atoms with van der Waals surface area (Å²) in [5, 5.41) is 18.5. The second-order valence-electron chi connectivity index (χ2n) is 11.0. The predicted molar refractivity (Wildman–Crippen MR) is 165 cm³/mol. The summed E-state index contributed by atoms with van der Waals surface area (Å²) in [6.07, 6.45) is 1.85. The van der Waals surface area contributed by atoms with Gasteiger partial charge in [-0.15, -0.1) is 0 Å². The molecule has 6 rings (SSSR count). The maximum Gasteiger partial charge on any atom is 0.335 e. The van der Waals surface area contributed by atoms with Gasteiger partial charge in [-0.2, -0.15) is 9.57 Å². The Morgan fingerprint density at radius 1 is 1.04 bits per heavy atom. The monoisotopic (exact) mass is 643 g/mol. The summed E-state index contributed by atoms with van der Waals surface area (Å²) >= 11 is 0. The molecular weight excluding hydrogens is 616 g/mol. The number of carboxylic acids is 1. The van der Waals surface area contributed by atoms with Gasteiger partial charge < -0.3 is 14.4 Å². The molecule has 1 atom stereocenters. The summed E-state index contributed by atoms with van der Waals surface area (Å²) in [4.78, 5) is 20.8. The average molecular weight is 644 g/mol. The highest BCUT2D eigenvalue weighted by Gasteiger charge is 2.36. The second-order valence-corrected chi connectivity index (χ2v) is 12.9. The Hall–Kier alpha value is -5.19. The first-order chi connectivity index (χ1) is 22.0. The molecule has 0 radical (unpaired) electrons. The molecule has 10 nitrogen and oxygen atoms in total. The maximum absolute atomic E-state index is 15.6. The molecule has 3 aromatic carbocycles. The SMILES string of the molecule is CS(=O)(=O)N1CC[C@@H]1Cn1c(Cc2ccc(-c3cccc(OCc4ccc(C#N)cc4F)n3)cc2F)nc2ccc(C(=O)O)cc21. The number of halogens is 2. The smallest absolute Gasteiger partial charge is 0.335 e. The zero-order chi connectivity index (χ0) is 32.6. The Kier molecular flexibility index (Phi) is 8.24. The summed E-state index contributed by atoms with van der Waals surface area (Å²) in [6.45, 7) is 0.526. The van der Waals surface area contributed by atoms with Gasteiger partial charge in [-0.1, -0.05) is 24.3 Å². The van der Waals surface area contributed by atoms with Crippen LogP contribution in [0.1, 0.15) is 39.3 Å². The molecule has 1 saturated heterocycles. The van der Waals surface area contributed by atoms with Crippen LogP contribution in [0.3, 0.4) is 0 Å². The molecule has 5 aromatic rings. The van der Waals surface area contributed by atoms with Crippen LogP contribution in [0.4, 0.5) is 8.78 Å². The molecule has 234 valence electrons. The summed E-state index contributed by atoms with van der Waals surface area (Å²) < 4.78 is 63.1. The first-order valence-corrected chi connectivity index (χ1v) is 16.1. The van der Waals surface area contributed by atoms with Crippen LogP contribution in [-0.4, -0.2) is 57.2 Å². The predicted octanol–water partition coefficient (Wildman–Crippen LogP) is 5.15. The van der Waals surface area contributed by atoms with E-state index in [-0.39, 0.29) is 48.2 Å². The highest BCUT2D eigenvalue weighted by atomic mass is 32.2.